The molecule has 0 aliphatic carbocycles. The van der Waals surface area contributed by atoms with Crippen molar-refractivity contribution in [2.75, 3.05) is 0 Å². The Morgan fingerprint density at radius 2 is 1.93 bits per heavy atom. The SMILES string of the molecule is C/C=C/C=C(Cl)\C(C(C)=O)=C(\C)CC. The molecule has 0 bridgehead atoms. The van der Waals surface area contributed by atoms with Crippen LogP contribution in [-0.4, -0.2) is 5.78 Å². The summed E-state index contributed by atoms with van der Waals surface area (Å²) < 4.78 is 0. The number of hydrogen-bond acceptors (Lipinski definition) is 1. The molecule has 0 radical (unpaired) electrons. The molecule has 0 fully saturated rings. The molecule has 0 aliphatic heterocycles. The van der Waals surface area contributed by atoms with Gasteiger partial charge in [0.1, 0.15) is 0 Å². The second-order valence-electron chi connectivity index (χ2n) is 3.11. The zero-order valence-corrected chi connectivity index (χ0v) is 9.98. The molecule has 0 aromatic rings. The van der Waals surface area contributed by atoms with Crippen LogP contribution in [0.1, 0.15) is 34.1 Å². The van der Waals surface area contributed by atoms with E-state index in [0.29, 0.717) is 10.6 Å². The Kier molecular flexibility index (Phi) is 6.22. The summed E-state index contributed by atoms with van der Waals surface area (Å²) in [7, 11) is 0. The van der Waals surface area contributed by atoms with Gasteiger partial charge in [0.25, 0.3) is 0 Å². The van der Waals surface area contributed by atoms with E-state index in [9.17, 15) is 4.79 Å². The summed E-state index contributed by atoms with van der Waals surface area (Å²) in [6, 6.07) is 0. The van der Waals surface area contributed by atoms with E-state index >= 15 is 0 Å². The Bertz CT molecular complexity index is 295. The summed E-state index contributed by atoms with van der Waals surface area (Å²) in [5, 5.41) is 0.523. The van der Waals surface area contributed by atoms with Crippen molar-refractivity contribution in [2.45, 2.75) is 34.1 Å². The second kappa shape index (κ2) is 6.61. The lowest BCUT2D eigenvalue weighted by Gasteiger charge is -2.05. The van der Waals surface area contributed by atoms with Gasteiger partial charge in [0.05, 0.1) is 5.03 Å². The highest BCUT2D eigenvalue weighted by Gasteiger charge is 2.10. The molecule has 1 nitrogen and oxygen atoms in total. The lowest BCUT2D eigenvalue weighted by Crippen LogP contribution is -2.00. The Morgan fingerprint density at radius 1 is 1.36 bits per heavy atom. The third-order valence-corrected chi connectivity index (χ3v) is 2.30. The van der Waals surface area contributed by atoms with Crippen LogP contribution in [0.2, 0.25) is 0 Å². The van der Waals surface area contributed by atoms with Gasteiger partial charge in [-0.05, 0) is 33.3 Å². The summed E-state index contributed by atoms with van der Waals surface area (Å²) >= 11 is 6.03. The maximum absolute atomic E-state index is 11.3. The Hall–Kier alpha value is -0.820. The maximum atomic E-state index is 11.3. The number of rotatable bonds is 4. The van der Waals surface area contributed by atoms with Crippen molar-refractivity contribution in [1.29, 1.82) is 0 Å². The standard InChI is InChI=1S/C12H17ClO/c1-5-7-8-11(13)12(10(4)14)9(3)6-2/h5,7-8H,6H2,1-4H3/b7-5+,11-8+,12-9-. The third-order valence-electron chi connectivity index (χ3n) is 1.98. The molecular formula is C12H17ClO. The first-order valence-electron chi connectivity index (χ1n) is 4.74. The van der Waals surface area contributed by atoms with E-state index in [1.807, 2.05) is 32.9 Å². The molecule has 0 atom stereocenters. The van der Waals surface area contributed by atoms with E-state index in [1.165, 1.54) is 0 Å². The molecule has 0 aromatic carbocycles. The summed E-state index contributed by atoms with van der Waals surface area (Å²) in [5.74, 6) is 0.0232. The summed E-state index contributed by atoms with van der Waals surface area (Å²) in [6.07, 6.45) is 6.29. The van der Waals surface area contributed by atoms with Crippen LogP contribution in [-0.2, 0) is 4.79 Å². The molecule has 0 unspecified atom stereocenters. The molecule has 0 saturated heterocycles. The largest absolute Gasteiger partial charge is 0.294 e. The fourth-order valence-electron chi connectivity index (χ4n) is 1.11. The average Bonchev–Trinajstić information content (AvgIpc) is 2.14. The van der Waals surface area contributed by atoms with Crippen molar-refractivity contribution in [3.8, 4) is 0 Å². The van der Waals surface area contributed by atoms with Crippen molar-refractivity contribution in [2.24, 2.45) is 0 Å². The van der Waals surface area contributed by atoms with Crippen LogP contribution in [0, 0.1) is 0 Å². The van der Waals surface area contributed by atoms with Crippen LogP contribution in [0.3, 0.4) is 0 Å². The fourth-order valence-corrected chi connectivity index (χ4v) is 1.48. The molecule has 0 aromatic heterocycles. The molecule has 0 heterocycles. The molecule has 0 saturated carbocycles. The van der Waals surface area contributed by atoms with Crippen LogP contribution in [0.25, 0.3) is 0 Å². The normalized spacial score (nSPS) is 14.5. The van der Waals surface area contributed by atoms with Gasteiger partial charge in [0.2, 0.25) is 0 Å². The Labute approximate surface area is 91.1 Å². The molecule has 0 aliphatic rings. The number of carbonyl (C=O) groups excluding carboxylic acids is 1. The zero-order chi connectivity index (χ0) is 11.1. The smallest absolute Gasteiger partial charge is 0.161 e. The Morgan fingerprint density at radius 3 is 2.29 bits per heavy atom. The van der Waals surface area contributed by atoms with Gasteiger partial charge in [-0.2, -0.15) is 0 Å². The van der Waals surface area contributed by atoms with Crippen molar-refractivity contribution < 1.29 is 4.79 Å². The monoisotopic (exact) mass is 212 g/mol. The van der Waals surface area contributed by atoms with Crippen LogP contribution in [0.4, 0.5) is 0 Å². The number of halogens is 1. The van der Waals surface area contributed by atoms with Crippen LogP contribution < -0.4 is 0 Å². The molecule has 0 rings (SSSR count). The van der Waals surface area contributed by atoms with Gasteiger partial charge in [0, 0.05) is 5.57 Å². The van der Waals surface area contributed by atoms with Gasteiger partial charge >= 0.3 is 0 Å². The van der Waals surface area contributed by atoms with Crippen LogP contribution in [0.5, 0.6) is 0 Å². The van der Waals surface area contributed by atoms with Gasteiger partial charge in [-0.3, -0.25) is 4.79 Å². The molecule has 2 heteroatoms. The summed E-state index contributed by atoms with van der Waals surface area (Å²) in [6.45, 7) is 7.39. The van der Waals surface area contributed by atoms with E-state index in [1.54, 1.807) is 13.0 Å². The van der Waals surface area contributed by atoms with Crippen molar-refractivity contribution >= 4 is 17.4 Å². The predicted molar refractivity (Wildman–Crippen MR) is 62.4 cm³/mol. The first-order chi connectivity index (χ1) is 6.54. The highest BCUT2D eigenvalue weighted by molar-refractivity contribution is 6.35. The fraction of sp³-hybridized carbons (Fsp3) is 0.417. The predicted octanol–water partition coefficient (Wildman–Crippen LogP) is 4.00. The van der Waals surface area contributed by atoms with Gasteiger partial charge < -0.3 is 0 Å². The molecule has 14 heavy (non-hydrogen) atoms. The average molecular weight is 213 g/mol. The highest BCUT2D eigenvalue weighted by atomic mass is 35.5. The number of Topliss-reactive ketones (excluding diaryl/α,β-unsaturated/α-hetero) is 1. The van der Waals surface area contributed by atoms with E-state index in [-0.39, 0.29) is 5.78 Å². The maximum Gasteiger partial charge on any atom is 0.161 e. The molecular weight excluding hydrogens is 196 g/mol. The highest BCUT2D eigenvalue weighted by Crippen LogP contribution is 2.21. The number of hydrogen-bond donors (Lipinski definition) is 0. The second-order valence-corrected chi connectivity index (χ2v) is 3.51. The van der Waals surface area contributed by atoms with Gasteiger partial charge in [0.15, 0.2) is 5.78 Å². The van der Waals surface area contributed by atoms with Crippen LogP contribution in [0.15, 0.2) is 34.4 Å². The van der Waals surface area contributed by atoms with Gasteiger partial charge in [-0.15, -0.1) is 0 Å². The number of carbonyl (C=O) groups is 1. The van der Waals surface area contributed by atoms with Gasteiger partial charge in [-0.1, -0.05) is 36.2 Å². The van der Waals surface area contributed by atoms with E-state index in [0.717, 1.165) is 12.0 Å². The first kappa shape index (κ1) is 13.2. The summed E-state index contributed by atoms with van der Waals surface area (Å²) in [5.41, 5.74) is 1.68. The van der Waals surface area contributed by atoms with E-state index < -0.39 is 0 Å². The zero-order valence-electron chi connectivity index (χ0n) is 9.23. The van der Waals surface area contributed by atoms with E-state index in [2.05, 4.69) is 0 Å². The minimum Gasteiger partial charge on any atom is -0.294 e. The molecule has 0 amide bonds. The third kappa shape index (κ3) is 3.93. The minimum atomic E-state index is 0.0232. The van der Waals surface area contributed by atoms with E-state index in [4.69, 9.17) is 11.6 Å². The first-order valence-corrected chi connectivity index (χ1v) is 5.11. The Balaban J connectivity index is 5.14. The number of ketones is 1. The lowest BCUT2D eigenvalue weighted by molar-refractivity contribution is -0.113. The topological polar surface area (TPSA) is 17.1 Å². The van der Waals surface area contributed by atoms with Crippen molar-refractivity contribution in [3.05, 3.63) is 34.4 Å². The molecule has 0 N–H and O–H groups in total. The van der Waals surface area contributed by atoms with Crippen molar-refractivity contribution in [1.82, 2.24) is 0 Å². The lowest BCUT2D eigenvalue weighted by atomic mass is 10.0. The van der Waals surface area contributed by atoms with Gasteiger partial charge in [-0.25, -0.2) is 0 Å². The quantitative estimate of drug-likeness (QED) is 0.509. The number of allylic oxidation sites excluding steroid dienone is 6. The van der Waals surface area contributed by atoms with Crippen LogP contribution >= 0.6 is 11.6 Å². The minimum absolute atomic E-state index is 0.0232. The summed E-state index contributed by atoms with van der Waals surface area (Å²) in [4.78, 5) is 11.3. The molecule has 0 spiro atoms. The van der Waals surface area contributed by atoms with Crippen molar-refractivity contribution in [3.63, 3.8) is 0 Å². The molecule has 78 valence electrons.